The molecule has 0 unspecified atom stereocenters. The van der Waals surface area contributed by atoms with E-state index in [-0.39, 0.29) is 0 Å². The lowest BCUT2D eigenvalue weighted by Crippen LogP contribution is -2.06. The van der Waals surface area contributed by atoms with Crippen molar-refractivity contribution in [1.29, 1.82) is 5.26 Å². The smallest absolute Gasteiger partial charge is 0.110 e. The third-order valence-electron chi connectivity index (χ3n) is 7.19. The second-order valence-corrected chi connectivity index (χ2v) is 10.3. The van der Waals surface area contributed by atoms with E-state index < -0.39 is 0 Å². The highest BCUT2D eigenvalue weighted by molar-refractivity contribution is 5.85. The molecule has 0 spiro atoms. The van der Waals surface area contributed by atoms with Crippen LogP contribution in [0.2, 0.25) is 0 Å². The monoisotopic (exact) mass is 501 g/mol. The van der Waals surface area contributed by atoms with Gasteiger partial charge in [-0.1, -0.05) is 55.5 Å². The molecule has 0 aliphatic carbocycles. The van der Waals surface area contributed by atoms with Crippen LogP contribution in [0.5, 0.6) is 0 Å². The predicted octanol–water partition coefficient (Wildman–Crippen LogP) is 7.91. The summed E-state index contributed by atoms with van der Waals surface area (Å²) in [6.07, 6.45) is 7.25. The molecule has 0 aliphatic rings. The molecule has 2 aromatic heterocycles. The minimum absolute atomic E-state index is 0.372. The first-order chi connectivity index (χ1) is 18.5. The van der Waals surface area contributed by atoms with Crippen molar-refractivity contribution in [1.82, 2.24) is 19.1 Å². The molecule has 5 nitrogen and oxygen atoms in total. The lowest BCUT2D eigenvalue weighted by molar-refractivity contribution is 0.600. The van der Waals surface area contributed by atoms with Crippen molar-refractivity contribution < 1.29 is 0 Å². The van der Waals surface area contributed by atoms with E-state index in [9.17, 15) is 5.26 Å². The largest absolute Gasteiger partial charge is 0.334 e. The summed E-state index contributed by atoms with van der Waals surface area (Å²) in [5, 5.41) is 9.29. The number of hydrogen-bond acceptors (Lipinski definition) is 3. The average Bonchev–Trinajstić information content (AvgIpc) is 3.55. The minimum Gasteiger partial charge on any atom is -0.334 e. The number of hydrogen-bond donors (Lipinski definition) is 0. The Morgan fingerprint density at radius 1 is 0.974 bits per heavy atom. The molecule has 192 valence electrons. The number of aromatic nitrogens is 4. The first kappa shape index (κ1) is 25.5. The third-order valence-corrected chi connectivity index (χ3v) is 7.19. The van der Waals surface area contributed by atoms with Crippen LogP contribution in [0.1, 0.15) is 62.2 Å². The van der Waals surface area contributed by atoms with E-state index in [2.05, 4.69) is 104 Å². The van der Waals surface area contributed by atoms with Crippen molar-refractivity contribution in [3.05, 3.63) is 95.7 Å². The molecule has 0 bridgehead atoms. The number of imidazole rings is 2. The fourth-order valence-corrected chi connectivity index (χ4v) is 5.17. The first-order valence-electron chi connectivity index (χ1n) is 13.6. The molecule has 5 aromatic rings. The Morgan fingerprint density at radius 3 is 2.50 bits per heavy atom. The molecular formula is C33H35N5. The summed E-state index contributed by atoms with van der Waals surface area (Å²) in [5.41, 5.74) is 10.3. The fraction of sp³-hybridized carbons (Fsp3) is 0.303. The maximum atomic E-state index is 9.29. The van der Waals surface area contributed by atoms with Crippen LogP contribution in [0.4, 0.5) is 0 Å². The van der Waals surface area contributed by atoms with Gasteiger partial charge in [-0.05, 0) is 73.6 Å². The van der Waals surface area contributed by atoms with E-state index in [1.807, 2.05) is 12.4 Å². The van der Waals surface area contributed by atoms with Gasteiger partial charge in [-0.2, -0.15) is 5.26 Å². The SMILES string of the molecule is CCCc1nc2c(C)cc(-c3cn(C(C)C)cn3)cc2n1Cc1ccc(-c2ccccc2)c(CCC#N)c1. The van der Waals surface area contributed by atoms with Crippen molar-refractivity contribution in [3.8, 4) is 28.5 Å². The molecule has 0 amide bonds. The van der Waals surface area contributed by atoms with Gasteiger partial charge >= 0.3 is 0 Å². The highest BCUT2D eigenvalue weighted by Crippen LogP contribution is 2.30. The van der Waals surface area contributed by atoms with E-state index in [0.29, 0.717) is 12.5 Å². The number of fused-ring (bicyclic) bond motifs is 1. The quantitative estimate of drug-likeness (QED) is 0.206. The minimum atomic E-state index is 0.372. The molecule has 0 atom stereocenters. The zero-order chi connectivity index (χ0) is 26.6. The van der Waals surface area contributed by atoms with Gasteiger partial charge in [0.1, 0.15) is 5.82 Å². The van der Waals surface area contributed by atoms with Crippen LogP contribution in [0.15, 0.2) is 73.2 Å². The summed E-state index contributed by atoms with van der Waals surface area (Å²) in [4.78, 5) is 9.80. The van der Waals surface area contributed by atoms with Crippen LogP contribution >= 0.6 is 0 Å². The van der Waals surface area contributed by atoms with Crippen LogP contribution in [-0.4, -0.2) is 19.1 Å². The lowest BCUT2D eigenvalue weighted by Gasteiger charge is -2.14. The summed E-state index contributed by atoms with van der Waals surface area (Å²) < 4.78 is 4.52. The number of nitrogens with zero attached hydrogens (tertiary/aromatic N) is 5. The Kier molecular flexibility index (Phi) is 7.42. The van der Waals surface area contributed by atoms with Gasteiger partial charge in [-0.25, -0.2) is 9.97 Å². The van der Waals surface area contributed by atoms with Gasteiger partial charge in [0, 0.05) is 37.2 Å². The molecular weight excluding hydrogens is 466 g/mol. The van der Waals surface area contributed by atoms with Crippen LogP contribution in [0.25, 0.3) is 33.4 Å². The second kappa shape index (κ2) is 11.1. The summed E-state index contributed by atoms with van der Waals surface area (Å²) in [6, 6.07) is 24.3. The van der Waals surface area contributed by atoms with Gasteiger partial charge in [0.25, 0.3) is 0 Å². The normalized spacial score (nSPS) is 11.4. The van der Waals surface area contributed by atoms with E-state index in [1.54, 1.807) is 0 Å². The molecule has 0 N–H and O–H groups in total. The Bertz CT molecular complexity index is 1600. The molecule has 0 aliphatic heterocycles. The maximum absolute atomic E-state index is 9.29. The zero-order valence-electron chi connectivity index (χ0n) is 22.8. The van der Waals surface area contributed by atoms with E-state index in [0.717, 1.165) is 53.9 Å². The highest BCUT2D eigenvalue weighted by atomic mass is 15.1. The standard InChI is InChI=1S/C33H35N5/c1-5-10-32-36-33-24(4)17-28(30-21-37(22-35-30)23(2)3)19-31(33)38(32)20-25-14-15-29(26-11-7-6-8-12-26)27(18-25)13-9-16-34/h6-8,11-12,14-15,17-19,21-23H,5,9-10,13,20H2,1-4H3. The van der Waals surface area contributed by atoms with E-state index >= 15 is 0 Å². The molecule has 0 saturated carbocycles. The highest BCUT2D eigenvalue weighted by Gasteiger charge is 2.16. The van der Waals surface area contributed by atoms with Crippen molar-refractivity contribution in [3.63, 3.8) is 0 Å². The van der Waals surface area contributed by atoms with Crippen molar-refractivity contribution in [2.24, 2.45) is 0 Å². The van der Waals surface area contributed by atoms with Gasteiger partial charge in [0.15, 0.2) is 0 Å². The number of nitriles is 1. The molecule has 0 saturated heterocycles. The van der Waals surface area contributed by atoms with Crippen molar-refractivity contribution >= 4 is 11.0 Å². The predicted molar refractivity (Wildman–Crippen MR) is 155 cm³/mol. The van der Waals surface area contributed by atoms with E-state index in [4.69, 9.17) is 9.97 Å². The molecule has 5 rings (SSSR count). The molecule has 2 heterocycles. The van der Waals surface area contributed by atoms with Gasteiger partial charge in [-0.15, -0.1) is 0 Å². The Morgan fingerprint density at radius 2 is 1.79 bits per heavy atom. The third kappa shape index (κ3) is 5.13. The summed E-state index contributed by atoms with van der Waals surface area (Å²) >= 11 is 0. The molecule has 0 radical (unpaired) electrons. The Hall–Kier alpha value is -4.17. The zero-order valence-corrected chi connectivity index (χ0v) is 22.8. The molecule has 38 heavy (non-hydrogen) atoms. The van der Waals surface area contributed by atoms with Gasteiger partial charge in [-0.3, -0.25) is 0 Å². The van der Waals surface area contributed by atoms with Crippen molar-refractivity contribution in [2.45, 2.75) is 66.0 Å². The van der Waals surface area contributed by atoms with Gasteiger partial charge in [0.05, 0.1) is 29.1 Å². The van der Waals surface area contributed by atoms with Gasteiger partial charge in [0.2, 0.25) is 0 Å². The lowest BCUT2D eigenvalue weighted by atomic mass is 9.94. The summed E-state index contributed by atoms with van der Waals surface area (Å²) in [6.45, 7) is 9.42. The second-order valence-electron chi connectivity index (χ2n) is 10.3. The van der Waals surface area contributed by atoms with E-state index in [1.165, 1.54) is 27.8 Å². The fourth-order valence-electron chi connectivity index (χ4n) is 5.17. The first-order valence-corrected chi connectivity index (χ1v) is 13.6. The van der Waals surface area contributed by atoms with Crippen LogP contribution in [0.3, 0.4) is 0 Å². The Balaban J connectivity index is 1.59. The van der Waals surface area contributed by atoms with Crippen LogP contribution in [0, 0.1) is 18.3 Å². The Labute approximate surface area is 225 Å². The average molecular weight is 502 g/mol. The van der Waals surface area contributed by atoms with Gasteiger partial charge < -0.3 is 9.13 Å². The maximum Gasteiger partial charge on any atom is 0.110 e. The number of aryl methyl sites for hydroxylation is 3. The number of benzene rings is 3. The number of rotatable bonds is 9. The summed E-state index contributed by atoms with van der Waals surface area (Å²) in [5.74, 6) is 1.11. The molecule has 3 aromatic carbocycles. The van der Waals surface area contributed by atoms with Crippen molar-refractivity contribution in [2.75, 3.05) is 0 Å². The van der Waals surface area contributed by atoms with Crippen LogP contribution < -0.4 is 0 Å². The molecule has 5 heteroatoms. The summed E-state index contributed by atoms with van der Waals surface area (Å²) in [7, 11) is 0. The molecule has 0 fully saturated rings. The topological polar surface area (TPSA) is 59.4 Å². The van der Waals surface area contributed by atoms with Crippen LogP contribution in [-0.2, 0) is 19.4 Å².